The molecule has 0 bridgehead atoms. The molecule has 0 unspecified atom stereocenters. The van der Waals surface area contributed by atoms with Gasteiger partial charge in [-0.3, -0.25) is 9.69 Å². The van der Waals surface area contributed by atoms with Crippen molar-refractivity contribution in [3.63, 3.8) is 0 Å². The second-order valence-electron chi connectivity index (χ2n) is 6.22. The van der Waals surface area contributed by atoms with Crippen LogP contribution in [0.15, 0.2) is 35.4 Å². The van der Waals surface area contributed by atoms with Gasteiger partial charge in [0.1, 0.15) is 0 Å². The molecule has 2 heterocycles. The molecule has 25 heavy (non-hydrogen) atoms. The number of hydrogen-bond acceptors (Lipinski definition) is 5. The van der Waals surface area contributed by atoms with Gasteiger partial charge in [-0.05, 0) is 12.5 Å². The van der Waals surface area contributed by atoms with Gasteiger partial charge < -0.3 is 14.5 Å². The molecule has 1 aromatic heterocycles. The van der Waals surface area contributed by atoms with Gasteiger partial charge in [0.05, 0.1) is 26.7 Å². The minimum Gasteiger partial charge on any atom is -0.494 e. The average molecular weight is 347 g/mol. The van der Waals surface area contributed by atoms with Crippen LogP contribution in [0.5, 0.6) is 5.75 Å². The summed E-state index contributed by atoms with van der Waals surface area (Å²) in [4.78, 5) is 20.3. The highest BCUT2D eigenvalue weighted by molar-refractivity contribution is 5.31. The zero-order valence-corrected chi connectivity index (χ0v) is 14.2. The normalized spacial score (nSPS) is 18.7. The van der Waals surface area contributed by atoms with Gasteiger partial charge in [-0.2, -0.15) is 0 Å². The van der Waals surface area contributed by atoms with Gasteiger partial charge in [0.25, 0.3) is 5.56 Å². The highest BCUT2D eigenvalue weighted by Gasteiger charge is 2.21. The Kier molecular flexibility index (Phi) is 5.78. The SMILES string of the molecule is COc1cccc(CN2CCOC[C@@H](Cc3cc(=O)[nH]cn3)C2)c1F. The number of methoxy groups -OCH3 is 1. The quantitative estimate of drug-likeness (QED) is 0.890. The molecular weight excluding hydrogens is 325 g/mol. The molecule has 0 saturated carbocycles. The van der Waals surface area contributed by atoms with E-state index in [2.05, 4.69) is 14.9 Å². The molecule has 1 fully saturated rings. The minimum absolute atomic E-state index is 0.158. The maximum atomic E-state index is 14.4. The third-order valence-electron chi connectivity index (χ3n) is 4.31. The Bertz CT molecular complexity index is 765. The molecule has 1 aliphatic rings. The van der Waals surface area contributed by atoms with Gasteiger partial charge in [0, 0.05) is 42.9 Å². The Morgan fingerprint density at radius 2 is 2.36 bits per heavy atom. The topological polar surface area (TPSA) is 67.5 Å². The van der Waals surface area contributed by atoms with Crippen molar-refractivity contribution in [2.75, 3.05) is 33.4 Å². The highest BCUT2D eigenvalue weighted by atomic mass is 19.1. The summed E-state index contributed by atoms with van der Waals surface area (Å²) in [7, 11) is 1.46. The molecule has 7 heteroatoms. The number of rotatable bonds is 5. The molecule has 0 radical (unpaired) electrons. The average Bonchev–Trinajstić information content (AvgIpc) is 2.82. The van der Waals surface area contributed by atoms with Gasteiger partial charge in [0.15, 0.2) is 11.6 Å². The van der Waals surface area contributed by atoms with E-state index in [1.54, 1.807) is 18.2 Å². The van der Waals surface area contributed by atoms with Crippen LogP contribution in [0.25, 0.3) is 0 Å². The van der Waals surface area contributed by atoms with Crippen LogP contribution in [0, 0.1) is 11.7 Å². The molecule has 2 aromatic rings. The fraction of sp³-hybridized carbons (Fsp3) is 0.444. The van der Waals surface area contributed by atoms with Crippen molar-refractivity contribution in [2.24, 2.45) is 5.92 Å². The molecule has 1 atom stereocenters. The van der Waals surface area contributed by atoms with E-state index in [1.165, 1.54) is 19.5 Å². The number of nitrogens with one attached hydrogen (secondary N) is 1. The second kappa shape index (κ2) is 8.22. The lowest BCUT2D eigenvalue weighted by Gasteiger charge is -2.23. The van der Waals surface area contributed by atoms with Crippen LogP contribution in [-0.2, 0) is 17.7 Å². The molecular formula is C18H22FN3O3. The molecule has 6 nitrogen and oxygen atoms in total. The molecule has 0 spiro atoms. The fourth-order valence-electron chi connectivity index (χ4n) is 3.11. The first-order valence-electron chi connectivity index (χ1n) is 8.31. The predicted molar refractivity (Wildman–Crippen MR) is 91.1 cm³/mol. The minimum atomic E-state index is -0.317. The van der Waals surface area contributed by atoms with Crippen LogP contribution in [0.4, 0.5) is 4.39 Å². The predicted octanol–water partition coefficient (Wildman–Crippen LogP) is 1.61. The lowest BCUT2D eigenvalue weighted by atomic mass is 10.0. The largest absolute Gasteiger partial charge is 0.494 e. The van der Waals surface area contributed by atoms with E-state index in [-0.39, 0.29) is 23.0 Å². The zero-order valence-electron chi connectivity index (χ0n) is 14.2. The highest BCUT2D eigenvalue weighted by Crippen LogP contribution is 2.22. The maximum absolute atomic E-state index is 14.4. The summed E-state index contributed by atoms with van der Waals surface area (Å²) in [6.07, 6.45) is 2.07. The van der Waals surface area contributed by atoms with E-state index in [0.717, 1.165) is 18.8 Å². The molecule has 1 saturated heterocycles. The monoisotopic (exact) mass is 347 g/mol. The molecule has 1 N–H and O–H groups in total. The van der Waals surface area contributed by atoms with Gasteiger partial charge >= 0.3 is 0 Å². The van der Waals surface area contributed by atoms with E-state index in [0.29, 0.717) is 31.7 Å². The summed E-state index contributed by atoms with van der Waals surface area (Å²) < 4.78 is 25.1. The number of halogens is 1. The van der Waals surface area contributed by atoms with Crippen LogP contribution in [-0.4, -0.2) is 48.3 Å². The number of hydrogen-bond donors (Lipinski definition) is 1. The molecule has 1 aromatic carbocycles. The van der Waals surface area contributed by atoms with Crippen molar-refractivity contribution in [1.82, 2.24) is 14.9 Å². The van der Waals surface area contributed by atoms with Gasteiger partial charge in [-0.15, -0.1) is 0 Å². The Labute approximate surface area is 145 Å². The molecule has 0 amide bonds. The number of nitrogens with zero attached hydrogens (tertiary/aromatic N) is 2. The van der Waals surface area contributed by atoms with Crippen molar-refractivity contribution in [3.8, 4) is 5.75 Å². The van der Waals surface area contributed by atoms with E-state index >= 15 is 0 Å². The molecule has 134 valence electrons. The summed E-state index contributed by atoms with van der Waals surface area (Å²) in [5.41, 5.74) is 1.19. The van der Waals surface area contributed by atoms with Crippen LogP contribution in [0.3, 0.4) is 0 Å². The van der Waals surface area contributed by atoms with E-state index in [4.69, 9.17) is 9.47 Å². The number of aromatic nitrogens is 2. The van der Waals surface area contributed by atoms with Crippen molar-refractivity contribution in [1.29, 1.82) is 0 Å². The third-order valence-corrected chi connectivity index (χ3v) is 4.31. The first-order valence-corrected chi connectivity index (χ1v) is 8.31. The molecule has 0 aliphatic carbocycles. The third kappa shape index (κ3) is 4.64. The zero-order chi connectivity index (χ0) is 17.6. The van der Waals surface area contributed by atoms with E-state index < -0.39 is 0 Å². The number of aromatic amines is 1. The summed E-state index contributed by atoms with van der Waals surface area (Å²) in [6, 6.07) is 6.70. The second-order valence-corrected chi connectivity index (χ2v) is 6.22. The Balaban J connectivity index is 1.69. The van der Waals surface area contributed by atoms with E-state index in [1.807, 2.05) is 0 Å². The summed E-state index contributed by atoms with van der Waals surface area (Å²) in [5.74, 6) is 0.140. The van der Waals surface area contributed by atoms with Crippen molar-refractivity contribution >= 4 is 0 Å². The molecule has 1 aliphatic heterocycles. The Hall–Kier alpha value is -2.25. The van der Waals surface area contributed by atoms with Crippen molar-refractivity contribution in [2.45, 2.75) is 13.0 Å². The lowest BCUT2D eigenvalue weighted by Crippen LogP contribution is -2.31. The maximum Gasteiger partial charge on any atom is 0.250 e. The number of ether oxygens (including phenoxy) is 2. The van der Waals surface area contributed by atoms with Crippen molar-refractivity contribution in [3.05, 3.63) is 58.0 Å². The van der Waals surface area contributed by atoms with Crippen LogP contribution >= 0.6 is 0 Å². The van der Waals surface area contributed by atoms with Crippen LogP contribution < -0.4 is 10.3 Å². The first kappa shape index (κ1) is 17.6. The summed E-state index contributed by atoms with van der Waals surface area (Å²) in [5, 5.41) is 0. The Morgan fingerprint density at radius 1 is 1.48 bits per heavy atom. The summed E-state index contributed by atoms with van der Waals surface area (Å²) in [6.45, 7) is 3.18. The molecule has 3 rings (SSSR count). The van der Waals surface area contributed by atoms with E-state index in [9.17, 15) is 9.18 Å². The van der Waals surface area contributed by atoms with Crippen LogP contribution in [0.1, 0.15) is 11.3 Å². The Morgan fingerprint density at radius 3 is 3.16 bits per heavy atom. The smallest absolute Gasteiger partial charge is 0.250 e. The van der Waals surface area contributed by atoms with Crippen molar-refractivity contribution < 1.29 is 13.9 Å². The first-order chi connectivity index (χ1) is 12.2. The van der Waals surface area contributed by atoms with Gasteiger partial charge in [-0.25, -0.2) is 9.37 Å². The lowest BCUT2D eigenvalue weighted by molar-refractivity contribution is 0.121. The number of benzene rings is 1. The standard InChI is InChI=1S/C18H22FN3O3/c1-24-16-4-2-3-14(18(16)19)10-22-5-6-25-11-13(9-22)7-15-8-17(23)21-12-20-15/h2-4,8,12-13H,5-7,9-11H2,1H3,(H,20,21,23)/t13-/m0/s1. The summed E-state index contributed by atoms with van der Waals surface area (Å²) >= 11 is 0. The van der Waals surface area contributed by atoms with Crippen LogP contribution in [0.2, 0.25) is 0 Å². The number of H-pyrrole nitrogens is 1. The fourth-order valence-corrected chi connectivity index (χ4v) is 3.11. The van der Waals surface area contributed by atoms with Gasteiger partial charge in [0.2, 0.25) is 0 Å². The van der Waals surface area contributed by atoms with Gasteiger partial charge in [-0.1, -0.05) is 12.1 Å².